The summed E-state index contributed by atoms with van der Waals surface area (Å²) in [5.74, 6) is 1.95. The first-order valence-corrected chi connectivity index (χ1v) is 7.61. The van der Waals surface area contributed by atoms with Gasteiger partial charge in [-0.05, 0) is 31.5 Å². The summed E-state index contributed by atoms with van der Waals surface area (Å²) in [6.45, 7) is 7.01. The third-order valence-corrected chi connectivity index (χ3v) is 3.85. The van der Waals surface area contributed by atoms with Gasteiger partial charge in [-0.15, -0.1) is 0 Å². The van der Waals surface area contributed by atoms with Crippen LogP contribution >= 0.6 is 11.6 Å². The molecule has 0 unspecified atom stereocenters. The molecule has 0 saturated heterocycles. The summed E-state index contributed by atoms with van der Waals surface area (Å²) in [7, 11) is 2.03. The van der Waals surface area contributed by atoms with Gasteiger partial charge in [-0.3, -0.25) is 4.90 Å². The Morgan fingerprint density at radius 3 is 2.62 bits per heavy atom. The van der Waals surface area contributed by atoms with E-state index in [4.69, 9.17) is 16.1 Å². The highest BCUT2D eigenvalue weighted by atomic mass is 35.5. The molecule has 0 saturated carbocycles. The first-order valence-electron chi connectivity index (χ1n) is 7.23. The minimum absolute atomic E-state index is 0.180. The SMILES string of the molecule is CC(C)Cc1noc(CN(C)[C@@H](C)c2ccccc2Cl)n1. The molecule has 2 aromatic rings. The lowest BCUT2D eigenvalue weighted by Gasteiger charge is -2.24. The number of nitrogens with zero attached hydrogens (tertiary/aromatic N) is 3. The highest BCUT2D eigenvalue weighted by Crippen LogP contribution is 2.26. The molecular formula is C16H22ClN3O. The molecule has 2 rings (SSSR count). The predicted octanol–water partition coefficient (Wildman–Crippen LogP) is 4.11. The summed E-state index contributed by atoms with van der Waals surface area (Å²) < 4.78 is 5.32. The Morgan fingerprint density at radius 1 is 1.24 bits per heavy atom. The molecule has 1 atom stereocenters. The summed E-state index contributed by atoms with van der Waals surface area (Å²) in [4.78, 5) is 6.58. The third-order valence-electron chi connectivity index (χ3n) is 3.50. The van der Waals surface area contributed by atoms with Crippen molar-refractivity contribution in [1.29, 1.82) is 0 Å². The molecule has 0 N–H and O–H groups in total. The molecule has 1 aromatic carbocycles. The molecule has 0 aliphatic heterocycles. The number of aromatic nitrogens is 2. The fourth-order valence-corrected chi connectivity index (χ4v) is 2.50. The molecule has 0 aliphatic carbocycles. The minimum atomic E-state index is 0.180. The zero-order valence-corrected chi connectivity index (χ0v) is 13.8. The fourth-order valence-electron chi connectivity index (χ4n) is 2.20. The molecule has 0 aliphatic rings. The van der Waals surface area contributed by atoms with Crippen LogP contribution in [-0.4, -0.2) is 22.1 Å². The Labute approximate surface area is 131 Å². The van der Waals surface area contributed by atoms with Crippen molar-refractivity contribution in [2.24, 2.45) is 5.92 Å². The van der Waals surface area contributed by atoms with Crippen LogP contribution < -0.4 is 0 Å². The van der Waals surface area contributed by atoms with Gasteiger partial charge in [0.1, 0.15) is 0 Å². The molecular weight excluding hydrogens is 286 g/mol. The molecule has 0 bridgehead atoms. The number of rotatable bonds is 6. The lowest BCUT2D eigenvalue weighted by atomic mass is 10.1. The summed E-state index contributed by atoms with van der Waals surface area (Å²) >= 11 is 6.25. The first-order chi connectivity index (χ1) is 9.97. The van der Waals surface area contributed by atoms with E-state index in [0.29, 0.717) is 18.4 Å². The van der Waals surface area contributed by atoms with Gasteiger partial charge >= 0.3 is 0 Å². The van der Waals surface area contributed by atoms with E-state index in [2.05, 4.69) is 35.8 Å². The molecule has 0 spiro atoms. The number of hydrogen-bond acceptors (Lipinski definition) is 4. The van der Waals surface area contributed by atoms with Gasteiger partial charge in [0.2, 0.25) is 5.89 Å². The van der Waals surface area contributed by atoms with Gasteiger partial charge < -0.3 is 4.52 Å². The van der Waals surface area contributed by atoms with E-state index < -0.39 is 0 Å². The van der Waals surface area contributed by atoms with Crippen molar-refractivity contribution in [1.82, 2.24) is 15.0 Å². The number of halogens is 1. The van der Waals surface area contributed by atoms with Crippen molar-refractivity contribution in [3.05, 3.63) is 46.6 Å². The Bertz CT molecular complexity index is 582. The molecule has 5 heteroatoms. The Balaban J connectivity index is 2.02. The van der Waals surface area contributed by atoms with Gasteiger partial charge in [-0.1, -0.05) is 48.8 Å². The van der Waals surface area contributed by atoms with Crippen molar-refractivity contribution in [2.45, 2.75) is 39.8 Å². The molecule has 1 aromatic heterocycles. The summed E-state index contributed by atoms with van der Waals surface area (Å²) in [5.41, 5.74) is 1.10. The summed E-state index contributed by atoms with van der Waals surface area (Å²) in [6, 6.07) is 8.07. The monoisotopic (exact) mass is 307 g/mol. The average molecular weight is 308 g/mol. The zero-order chi connectivity index (χ0) is 15.4. The van der Waals surface area contributed by atoms with Gasteiger partial charge in [0, 0.05) is 17.5 Å². The van der Waals surface area contributed by atoms with Crippen molar-refractivity contribution in [2.75, 3.05) is 7.05 Å². The molecule has 21 heavy (non-hydrogen) atoms. The van der Waals surface area contributed by atoms with Crippen molar-refractivity contribution in [3.8, 4) is 0 Å². The van der Waals surface area contributed by atoms with Gasteiger partial charge in [0.05, 0.1) is 6.54 Å². The number of benzene rings is 1. The van der Waals surface area contributed by atoms with E-state index in [1.807, 2.05) is 31.3 Å². The lowest BCUT2D eigenvalue weighted by Crippen LogP contribution is -2.22. The zero-order valence-electron chi connectivity index (χ0n) is 13.0. The van der Waals surface area contributed by atoms with Crippen LogP contribution in [0.3, 0.4) is 0 Å². The second-order valence-electron chi connectivity index (χ2n) is 5.81. The average Bonchev–Trinajstić information content (AvgIpc) is 2.84. The second kappa shape index (κ2) is 7.05. The van der Waals surface area contributed by atoms with Gasteiger partial charge in [0.15, 0.2) is 5.82 Å². The van der Waals surface area contributed by atoms with Gasteiger partial charge in [-0.2, -0.15) is 4.98 Å². The maximum Gasteiger partial charge on any atom is 0.240 e. The van der Waals surface area contributed by atoms with Crippen LogP contribution in [0.15, 0.2) is 28.8 Å². The van der Waals surface area contributed by atoms with Crippen LogP contribution in [0.5, 0.6) is 0 Å². The normalized spacial score (nSPS) is 13.1. The fraction of sp³-hybridized carbons (Fsp3) is 0.500. The van der Waals surface area contributed by atoms with Gasteiger partial charge in [0.25, 0.3) is 0 Å². The maximum atomic E-state index is 6.25. The van der Waals surface area contributed by atoms with E-state index in [-0.39, 0.29) is 6.04 Å². The van der Waals surface area contributed by atoms with Crippen molar-refractivity contribution < 1.29 is 4.52 Å². The molecule has 0 amide bonds. The quantitative estimate of drug-likeness (QED) is 0.805. The topological polar surface area (TPSA) is 42.2 Å². The van der Waals surface area contributed by atoms with E-state index in [1.54, 1.807) is 0 Å². The lowest BCUT2D eigenvalue weighted by molar-refractivity contribution is 0.216. The van der Waals surface area contributed by atoms with Crippen molar-refractivity contribution in [3.63, 3.8) is 0 Å². The van der Waals surface area contributed by atoms with Crippen LogP contribution in [0.2, 0.25) is 5.02 Å². The van der Waals surface area contributed by atoms with E-state index >= 15 is 0 Å². The van der Waals surface area contributed by atoms with Crippen LogP contribution in [0, 0.1) is 5.92 Å². The van der Waals surface area contributed by atoms with E-state index in [1.165, 1.54) is 0 Å². The molecule has 4 nitrogen and oxygen atoms in total. The maximum absolute atomic E-state index is 6.25. The highest BCUT2D eigenvalue weighted by Gasteiger charge is 2.17. The van der Waals surface area contributed by atoms with Crippen LogP contribution in [0.4, 0.5) is 0 Å². The van der Waals surface area contributed by atoms with Crippen LogP contribution in [0.1, 0.15) is 44.1 Å². The van der Waals surface area contributed by atoms with Crippen molar-refractivity contribution >= 4 is 11.6 Å². The minimum Gasteiger partial charge on any atom is -0.338 e. The first kappa shape index (κ1) is 16.0. The summed E-state index contributed by atoms with van der Waals surface area (Å²) in [5, 5.41) is 4.80. The Hall–Kier alpha value is -1.39. The predicted molar refractivity (Wildman–Crippen MR) is 84.2 cm³/mol. The van der Waals surface area contributed by atoms with E-state index in [0.717, 1.165) is 22.8 Å². The molecule has 0 radical (unpaired) electrons. The smallest absolute Gasteiger partial charge is 0.240 e. The van der Waals surface area contributed by atoms with Gasteiger partial charge in [-0.25, -0.2) is 0 Å². The highest BCUT2D eigenvalue weighted by molar-refractivity contribution is 6.31. The molecule has 1 heterocycles. The van der Waals surface area contributed by atoms with E-state index in [9.17, 15) is 0 Å². The summed E-state index contributed by atoms with van der Waals surface area (Å²) in [6.07, 6.45) is 0.841. The number of hydrogen-bond donors (Lipinski definition) is 0. The molecule has 114 valence electrons. The second-order valence-corrected chi connectivity index (χ2v) is 6.22. The Morgan fingerprint density at radius 2 is 1.95 bits per heavy atom. The largest absolute Gasteiger partial charge is 0.338 e. The van der Waals surface area contributed by atoms with Crippen LogP contribution in [0.25, 0.3) is 0 Å². The standard InChI is InChI=1S/C16H22ClN3O/c1-11(2)9-15-18-16(21-19-15)10-20(4)12(3)13-7-5-6-8-14(13)17/h5-8,11-12H,9-10H2,1-4H3/t12-/m0/s1. The molecule has 0 fully saturated rings. The Kier molecular flexibility index (Phi) is 5.37. The third kappa shape index (κ3) is 4.29. The van der Waals surface area contributed by atoms with Crippen LogP contribution in [-0.2, 0) is 13.0 Å².